The fourth-order valence-electron chi connectivity index (χ4n) is 2.13. The third-order valence-electron chi connectivity index (χ3n) is 3.60. The second kappa shape index (κ2) is 9.10. The number of halogens is 1. The van der Waals surface area contributed by atoms with Crippen molar-refractivity contribution in [2.24, 2.45) is 0 Å². The molecule has 2 rings (SSSR count). The smallest absolute Gasteiger partial charge is 0.310 e. The molecule has 6 heteroatoms. The predicted molar refractivity (Wildman–Crippen MR) is 103 cm³/mol. The fraction of sp³-hybridized carbons (Fsp3) is 0.150. The molecule has 0 radical (unpaired) electrons. The summed E-state index contributed by atoms with van der Waals surface area (Å²) in [6, 6.07) is 13.9. The lowest BCUT2D eigenvalue weighted by Crippen LogP contribution is -2.18. The Morgan fingerprint density at radius 1 is 1.04 bits per heavy atom. The van der Waals surface area contributed by atoms with Gasteiger partial charge in [-0.1, -0.05) is 45.8 Å². The van der Waals surface area contributed by atoms with E-state index in [4.69, 9.17) is 0 Å². The van der Waals surface area contributed by atoms with Gasteiger partial charge in [0, 0.05) is 21.3 Å². The van der Waals surface area contributed by atoms with Gasteiger partial charge in [-0.25, -0.2) is 0 Å². The SMILES string of the molecule is COC(=O)C/C(=C/C(=O)c1ccc(C)cc1)C(=O)Nc1ccc(Br)cc1. The number of hydrogen-bond acceptors (Lipinski definition) is 4. The predicted octanol–water partition coefficient (Wildman–Crippen LogP) is 4.07. The number of anilines is 1. The maximum absolute atomic E-state index is 12.5. The molecule has 26 heavy (non-hydrogen) atoms. The maximum Gasteiger partial charge on any atom is 0.310 e. The summed E-state index contributed by atoms with van der Waals surface area (Å²) in [4.78, 5) is 36.6. The van der Waals surface area contributed by atoms with E-state index < -0.39 is 11.9 Å². The van der Waals surface area contributed by atoms with Crippen molar-refractivity contribution in [2.75, 3.05) is 12.4 Å². The molecule has 2 aromatic carbocycles. The summed E-state index contributed by atoms with van der Waals surface area (Å²) in [7, 11) is 1.23. The molecule has 0 atom stereocenters. The van der Waals surface area contributed by atoms with Crippen LogP contribution in [0.2, 0.25) is 0 Å². The molecule has 1 amide bonds. The molecule has 0 aliphatic heterocycles. The number of rotatable bonds is 6. The normalized spacial score (nSPS) is 11.0. The van der Waals surface area contributed by atoms with Crippen molar-refractivity contribution in [2.45, 2.75) is 13.3 Å². The van der Waals surface area contributed by atoms with E-state index in [0.29, 0.717) is 11.3 Å². The molecule has 5 nitrogen and oxygen atoms in total. The first kappa shape index (κ1) is 19.6. The molecule has 0 unspecified atom stereocenters. The van der Waals surface area contributed by atoms with Crippen molar-refractivity contribution in [1.82, 2.24) is 0 Å². The number of benzene rings is 2. The van der Waals surface area contributed by atoms with Crippen molar-refractivity contribution in [3.63, 3.8) is 0 Å². The summed E-state index contributed by atoms with van der Waals surface area (Å²) in [5.74, 6) is -1.48. The van der Waals surface area contributed by atoms with Crippen LogP contribution in [0.4, 0.5) is 5.69 Å². The number of nitrogens with one attached hydrogen (secondary N) is 1. The molecule has 0 aromatic heterocycles. The summed E-state index contributed by atoms with van der Waals surface area (Å²) in [5.41, 5.74) is 2.05. The highest BCUT2D eigenvalue weighted by Gasteiger charge is 2.17. The second-order valence-corrected chi connectivity index (χ2v) is 6.53. The number of ether oxygens (including phenoxy) is 1. The Labute approximate surface area is 160 Å². The first-order chi connectivity index (χ1) is 12.4. The molecule has 134 valence electrons. The minimum atomic E-state index is -0.598. The van der Waals surface area contributed by atoms with Crippen LogP contribution in [0.5, 0.6) is 0 Å². The lowest BCUT2D eigenvalue weighted by Gasteiger charge is -2.09. The van der Waals surface area contributed by atoms with Crippen LogP contribution in [-0.2, 0) is 14.3 Å². The molecule has 0 saturated carbocycles. The van der Waals surface area contributed by atoms with Gasteiger partial charge in [0.05, 0.1) is 13.5 Å². The Balaban J connectivity index is 2.24. The van der Waals surface area contributed by atoms with Gasteiger partial charge in [0.1, 0.15) is 0 Å². The van der Waals surface area contributed by atoms with Crippen LogP contribution in [0.3, 0.4) is 0 Å². The van der Waals surface area contributed by atoms with Crippen molar-refractivity contribution >= 4 is 39.3 Å². The van der Waals surface area contributed by atoms with Gasteiger partial charge in [0.2, 0.25) is 0 Å². The van der Waals surface area contributed by atoms with Crippen molar-refractivity contribution in [3.05, 3.63) is 75.8 Å². The van der Waals surface area contributed by atoms with Crippen LogP contribution >= 0.6 is 15.9 Å². The Kier molecular flexibility index (Phi) is 6.86. The second-order valence-electron chi connectivity index (χ2n) is 5.61. The Hall–Kier alpha value is -2.73. The van der Waals surface area contributed by atoms with Crippen LogP contribution in [0.1, 0.15) is 22.3 Å². The number of ketones is 1. The Morgan fingerprint density at radius 3 is 2.23 bits per heavy atom. The van der Waals surface area contributed by atoms with E-state index in [2.05, 4.69) is 26.0 Å². The monoisotopic (exact) mass is 415 g/mol. The van der Waals surface area contributed by atoms with Gasteiger partial charge >= 0.3 is 5.97 Å². The third-order valence-corrected chi connectivity index (χ3v) is 4.13. The van der Waals surface area contributed by atoms with Crippen molar-refractivity contribution in [3.8, 4) is 0 Å². The zero-order chi connectivity index (χ0) is 19.1. The number of methoxy groups -OCH3 is 1. The lowest BCUT2D eigenvalue weighted by atomic mass is 10.0. The van der Waals surface area contributed by atoms with Crippen LogP contribution in [-0.4, -0.2) is 24.8 Å². The fourth-order valence-corrected chi connectivity index (χ4v) is 2.39. The largest absolute Gasteiger partial charge is 0.469 e. The maximum atomic E-state index is 12.5. The molecule has 1 N–H and O–H groups in total. The highest BCUT2D eigenvalue weighted by atomic mass is 79.9. The van der Waals surface area contributed by atoms with Crippen molar-refractivity contribution < 1.29 is 19.1 Å². The summed E-state index contributed by atoms with van der Waals surface area (Å²) in [5, 5.41) is 2.68. The third kappa shape index (κ3) is 5.67. The lowest BCUT2D eigenvalue weighted by molar-refractivity contribution is -0.140. The zero-order valence-corrected chi connectivity index (χ0v) is 16.0. The number of carbonyl (C=O) groups excluding carboxylic acids is 3. The number of aryl methyl sites for hydroxylation is 1. The molecular formula is C20H18BrNO4. The Morgan fingerprint density at radius 2 is 1.65 bits per heavy atom. The molecule has 0 bridgehead atoms. The van der Waals surface area contributed by atoms with Crippen LogP contribution in [0.15, 0.2) is 64.7 Å². The molecule has 2 aromatic rings. The van der Waals surface area contributed by atoms with Gasteiger partial charge in [0.25, 0.3) is 5.91 Å². The minimum absolute atomic E-state index is 0.0327. The average molecular weight is 416 g/mol. The van der Waals surface area contributed by atoms with E-state index in [1.807, 2.05) is 19.1 Å². The quantitative estimate of drug-likeness (QED) is 0.438. The molecule has 0 fully saturated rings. The molecule has 0 saturated heterocycles. The number of esters is 1. The molecule has 0 aliphatic carbocycles. The van der Waals surface area contributed by atoms with E-state index in [-0.39, 0.29) is 17.8 Å². The first-order valence-electron chi connectivity index (χ1n) is 7.84. The average Bonchev–Trinajstić information content (AvgIpc) is 2.63. The van der Waals surface area contributed by atoms with E-state index in [9.17, 15) is 14.4 Å². The van der Waals surface area contributed by atoms with E-state index in [1.165, 1.54) is 13.2 Å². The van der Waals surface area contributed by atoms with Gasteiger partial charge in [-0.2, -0.15) is 0 Å². The zero-order valence-electron chi connectivity index (χ0n) is 14.4. The number of carbonyl (C=O) groups is 3. The number of amides is 1. The van der Waals surface area contributed by atoms with E-state index in [0.717, 1.165) is 10.0 Å². The highest BCUT2D eigenvalue weighted by Crippen LogP contribution is 2.16. The summed E-state index contributed by atoms with van der Waals surface area (Å²) >= 11 is 3.32. The van der Waals surface area contributed by atoms with Crippen LogP contribution in [0.25, 0.3) is 0 Å². The molecule has 0 aliphatic rings. The van der Waals surface area contributed by atoms with Crippen molar-refractivity contribution in [1.29, 1.82) is 0 Å². The Bertz CT molecular complexity index is 839. The summed E-state index contributed by atoms with van der Waals surface area (Å²) in [6.45, 7) is 1.92. The molecule has 0 spiro atoms. The molecular weight excluding hydrogens is 398 g/mol. The van der Waals surface area contributed by atoms with Gasteiger partial charge in [-0.3, -0.25) is 14.4 Å². The number of hydrogen-bond donors (Lipinski definition) is 1. The van der Waals surface area contributed by atoms with Gasteiger partial charge in [0.15, 0.2) is 5.78 Å². The summed E-state index contributed by atoms with van der Waals surface area (Å²) < 4.78 is 5.49. The van der Waals surface area contributed by atoms with E-state index in [1.54, 1.807) is 36.4 Å². The highest BCUT2D eigenvalue weighted by molar-refractivity contribution is 9.10. The van der Waals surface area contributed by atoms with Crippen LogP contribution in [0, 0.1) is 6.92 Å². The van der Waals surface area contributed by atoms with E-state index >= 15 is 0 Å². The summed E-state index contributed by atoms with van der Waals surface area (Å²) in [6.07, 6.45) is 0.881. The topological polar surface area (TPSA) is 72.5 Å². The minimum Gasteiger partial charge on any atom is -0.469 e. The standard InChI is InChI=1S/C20H18BrNO4/c1-13-3-5-14(6-4-13)18(23)11-15(12-19(24)26-2)20(25)22-17-9-7-16(21)8-10-17/h3-11H,12H2,1-2H3,(H,22,25)/b15-11-. The first-order valence-corrected chi connectivity index (χ1v) is 8.63. The molecule has 0 heterocycles. The van der Waals surface area contributed by atoms with Gasteiger partial charge in [-0.15, -0.1) is 0 Å². The van der Waals surface area contributed by atoms with Gasteiger partial charge in [-0.05, 0) is 37.3 Å². The number of allylic oxidation sites excluding steroid dienone is 1. The van der Waals surface area contributed by atoms with Gasteiger partial charge < -0.3 is 10.1 Å². The van der Waals surface area contributed by atoms with Crippen LogP contribution < -0.4 is 5.32 Å².